The number of hydrogen-bond acceptors (Lipinski definition) is 10. The molecular weight excluding hydrogens is 671 g/mol. The SMILES string of the molecule is COC(=O)N1CCN(CC2CCN(C(=O)Cn3cc(Nc4nc5c(N6CC7CCC(C6)N7C(=O)CCC(F)(F)F)cccn5n4)cn3)CC2)CC1. The molecule has 0 spiro atoms. The highest BCUT2D eigenvalue weighted by Crippen LogP contribution is 2.35. The molecule has 3 aromatic rings. The number of carbonyl (C=O) groups is 3. The molecule has 276 valence electrons. The number of hydrogen-bond donors (Lipinski definition) is 1. The van der Waals surface area contributed by atoms with Crippen LogP contribution in [0.3, 0.4) is 0 Å². The Hall–Kier alpha value is -4.61. The maximum Gasteiger partial charge on any atom is 0.409 e. The maximum absolute atomic E-state index is 13.1. The fraction of sp³-hybridized carbons (Fsp3) is 0.636. The third kappa shape index (κ3) is 7.99. The molecule has 7 heterocycles. The molecule has 15 nitrogen and oxygen atoms in total. The Bertz CT molecular complexity index is 1700. The van der Waals surface area contributed by atoms with E-state index in [1.807, 2.05) is 17.0 Å². The Morgan fingerprint density at radius 1 is 0.961 bits per heavy atom. The van der Waals surface area contributed by atoms with Gasteiger partial charge in [0.15, 0.2) is 5.65 Å². The third-order valence-corrected chi connectivity index (χ3v) is 10.6. The minimum Gasteiger partial charge on any atom is -0.453 e. The first-order valence-electron chi connectivity index (χ1n) is 17.6. The molecule has 7 rings (SSSR count). The van der Waals surface area contributed by atoms with Crippen molar-refractivity contribution in [2.45, 2.75) is 63.3 Å². The number of pyridine rings is 1. The summed E-state index contributed by atoms with van der Waals surface area (Å²) in [5.41, 5.74) is 2.09. The van der Waals surface area contributed by atoms with E-state index in [4.69, 9.17) is 9.72 Å². The minimum absolute atomic E-state index is 0.0152. The summed E-state index contributed by atoms with van der Waals surface area (Å²) in [6.45, 7) is 6.52. The van der Waals surface area contributed by atoms with Crippen LogP contribution in [0.25, 0.3) is 5.65 Å². The van der Waals surface area contributed by atoms with Gasteiger partial charge in [-0.3, -0.25) is 19.2 Å². The van der Waals surface area contributed by atoms with Crippen LogP contribution in [-0.2, 0) is 20.9 Å². The molecule has 0 radical (unpaired) electrons. The normalized spacial score (nSPS) is 21.8. The van der Waals surface area contributed by atoms with Gasteiger partial charge in [-0.25, -0.2) is 9.31 Å². The lowest BCUT2D eigenvalue weighted by atomic mass is 9.96. The average molecular weight is 716 g/mol. The average Bonchev–Trinajstić information content (AvgIpc) is 3.81. The summed E-state index contributed by atoms with van der Waals surface area (Å²) < 4.78 is 46.4. The van der Waals surface area contributed by atoms with Gasteiger partial charge in [0.1, 0.15) is 6.54 Å². The number of likely N-dealkylation sites (tertiary alicyclic amines) is 1. The van der Waals surface area contributed by atoms with Gasteiger partial charge in [-0.05, 0) is 43.7 Å². The number of nitrogens with one attached hydrogen (secondary N) is 1. The Balaban J connectivity index is 0.899. The molecule has 4 aliphatic heterocycles. The molecule has 4 aliphatic rings. The maximum atomic E-state index is 13.1. The zero-order valence-electron chi connectivity index (χ0n) is 28.7. The van der Waals surface area contributed by atoms with Crippen LogP contribution < -0.4 is 10.2 Å². The molecule has 3 amide bonds. The van der Waals surface area contributed by atoms with Crippen molar-refractivity contribution in [1.82, 2.24) is 44.0 Å². The lowest BCUT2D eigenvalue weighted by Gasteiger charge is -2.42. The van der Waals surface area contributed by atoms with E-state index in [2.05, 4.69) is 25.3 Å². The fourth-order valence-electron chi connectivity index (χ4n) is 7.93. The first-order chi connectivity index (χ1) is 24.5. The smallest absolute Gasteiger partial charge is 0.409 e. The van der Waals surface area contributed by atoms with Crippen LogP contribution in [0.4, 0.5) is 35.3 Å². The van der Waals surface area contributed by atoms with Crippen LogP contribution in [0, 0.1) is 5.92 Å². The summed E-state index contributed by atoms with van der Waals surface area (Å²) >= 11 is 0. The predicted molar refractivity (Wildman–Crippen MR) is 179 cm³/mol. The number of alkyl halides is 3. The van der Waals surface area contributed by atoms with Gasteiger partial charge in [0.2, 0.25) is 17.8 Å². The second-order valence-corrected chi connectivity index (χ2v) is 13.9. The topological polar surface area (TPSA) is 137 Å². The number of anilines is 3. The largest absolute Gasteiger partial charge is 0.453 e. The minimum atomic E-state index is -4.35. The van der Waals surface area contributed by atoms with Crippen LogP contribution in [0.15, 0.2) is 30.7 Å². The summed E-state index contributed by atoms with van der Waals surface area (Å²) in [4.78, 5) is 52.2. The number of fused-ring (bicyclic) bond motifs is 3. The summed E-state index contributed by atoms with van der Waals surface area (Å²) in [6.07, 6.45) is 2.30. The van der Waals surface area contributed by atoms with Gasteiger partial charge in [0, 0.05) is 89.8 Å². The van der Waals surface area contributed by atoms with Crippen LogP contribution in [-0.4, -0.2) is 146 Å². The highest BCUT2D eigenvalue weighted by atomic mass is 19.4. The lowest BCUT2D eigenvalue weighted by molar-refractivity contribution is -0.151. The van der Waals surface area contributed by atoms with Crippen molar-refractivity contribution in [3.05, 3.63) is 30.7 Å². The molecule has 0 aromatic carbocycles. The zero-order chi connectivity index (χ0) is 35.7. The van der Waals surface area contributed by atoms with E-state index >= 15 is 0 Å². The quantitative estimate of drug-likeness (QED) is 0.352. The summed E-state index contributed by atoms with van der Waals surface area (Å²) in [5, 5.41) is 12.1. The van der Waals surface area contributed by atoms with Gasteiger partial charge in [-0.15, -0.1) is 5.10 Å². The molecule has 0 saturated carbocycles. The van der Waals surface area contributed by atoms with Crippen molar-refractivity contribution in [3.63, 3.8) is 0 Å². The number of carbonyl (C=O) groups excluding carboxylic acids is 3. The number of nitrogens with zero attached hydrogens (tertiary/aromatic N) is 10. The van der Waals surface area contributed by atoms with E-state index in [9.17, 15) is 27.6 Å². The molecule has 2 unspecified atom stereocenters. The number of halogens is 3. The lowest BCUT2D eigenvalue weighted by Crippen LogP contribution is -2.56. The van der Waals surface area contributed by atoms with Gasteiger partial charge < -0.3 is 29.7 Å². The molecule has 4 saturated heterocycles. The second-order valence-electron chi connectivity index (χ2n) is 13.9. The predicted octanol–water partition coefficient (Wildman–Crippen LogP) is 2.81. The number of piperidine rings is 1. The highest BCUT2D eigenvalue weighted by Gasteiger charge is 2.43. The molecule has 2 bridgehead atoms. The summed E-state index contributed by atoms with van der Waals surface area (Å²) in [6, 6.07) is 3.51. The van der Waals surface area contributed by atoms with Crippen molar-refractivity contribution in [2.75, 3.05) is 76.2 Å². The number of ether oxygens (including phenoxy) is 1. The summed E-state index contributed by atoms with van der Waals surface area (Å²) in [7, 11) is 1.41. The van der Waals surface area contributed by atoms with Crippen LogP contribution >= 0.6 is 0 Å². The first-order valence-corrected chi connectivity index (χ1v) is 17.6. The van der Waals surface area contributed by atoms with Crippen molar-refractivity contribution in [1.29, 1.82) is 0 Å². The number of rotatable bonds is 9. The van der Waals surface area contributed by atoms with Crippen molar-refractivity contribution in [2.24, 2.45) is 5.92 Å². The van der Waals surface area contributed by atoms with Gasteiger partial charge in [0.05, 0.1) is 31.1 Å². The molecule has 0 aliphatic carbocycles. The Labute approximate surface area is 293 Å². The number of aromatic nitrogens is 5. The van der Waals surface area contributed by atoms with E-state index in [0.29, 0.717) is 62.5 Å². The molecule has 1 N–H and O–H groups in total. The monoisotopic (exact) mass is 715 g/mol. The highest BCUT2D eigenvalue weighted by molar-refractivity contribution is 5.79. The Morgan fingerprint density at radius 2 is 1.69 bits per heavy atom. The van der Waals surface area contributed by atoms with Gasteiger partial charge in [-0.2, -0.15) is 23.3 Å². The van der Waals surface area contributed by atoms with Crippen LogP contribution in [0.1, 0.15) is 38.5 Å². The molecule has 3 aromatic heterocycles. The Kier molecular flexibility index (Phi) is 9.94. The molecule has 2 atom stereocenters. The number of amides is 3. The fourth-order valence-corrected chi connectivity index (χ4v) is 7.93. The van der Waals surface area contributed by atoms with Gasteiger partial charge in [0.25, 0.3) is 0 Å². The van der Waals surface area contributed by atoms with E-state index in [-0.39, 0.29) is 30.6 Å². The van der Waals surface area contributed by atoms with Crippen molar-refractivity contribution >= 4 is 40.9 Å². The van der Waals surface area contributed by atoms with Gasteiger partial charge >= 0.3 is 12.3 Å². The molecule has 51 heavy (non-hydrogen) atoms. The number of piperazine rings is 2. The van der Waals surface area contributed by atoms with Crippen LogP contribution in [0.2, 0.25) is 0 Å². The van der Waals surface area contributed by atoms with E-state index < -0.39 is 24.9 Å². The Morgan fingerprint density at radius 3 is 2.37 bits per heavy atom. The van der Waals surface area contributed by atoms with Gasteiger partial charge in [-0.1, -0.05) is 0 Å². The third-order valence-electron chi connectivity index (χ3n) is 10.6. The van der Waals surface area contributed by atoms with E-state index in [1.54, 1.807) is 37.6 Å². The zero-order valence-corrected chi connectivity index (χ0v) is 28.7. The van der Waals surface area contributed by atoms with Crippen molar-refractivity contribution < 1.29 is 32.3 Å². The first kappa shape index (κ1) is 34.8. The van der Waals surface area contributed by atoms with E-state index in [0.717, 1.165) is 51.0 Å². The number of methoxy groups -OCH3 is 1. The van der Waals surface area contributed by atoms with Crippen molar-refractivity contribution in [3.8, 4) is 0 Å². The van der Waals surface area contributed by atoms with E-state index in [1.165, 1.54) is 7.11 Å². The van der Waals surface area contributed by atoms with Crippen LogP contribution in [0.5, 0.6) is 0 Å². The molecular formula is C33H44F3N11O4. The summed E-state index contributed by atoms with van der Waals surface area (Å²) in [5.74, 6) is 0.449. The molecule has 4 fully saturated rings. The molecule has 18 heteroatoms. The standard InChI is InChI=1S/C33H44F3N11O4/c1-51-32(50)43-15-13-41(14-16-43)18-23-7-11-42(12-8-23)29(49)22-45-19-24(17-37-45)38-31-39-30-27(3-2-10-46(30)40-31)44-20-25-4-5-26(21-44)47(25)28(48)6-9-33(34,35)36/h2-3,10,17,19,23,25-26H,4-9,11-16,18,20-22H2,1H3,(H,38,40). The second kappa shape index (κ2) is 14.6.